The molecule has 0 aliphatic carbocycles. The fourth-order valence-electron chi connectivity index (χ4n) is 4.35. The molecule has 2 heterocycles. The second-order valence-corrected chi connectivity index (χ2v) is 11.0. The van der Waals surface area contributed by atoms with Crippen molar-refractivity contribution < 1.29 is 37.1 Å². The van der Waals surface area contributed by atoms with Gasteiger partial charge in [0.05, 0.1) is 17.9 Å². The molecule has 1 aromatic heterocycles. The van der Waals surface area contributed by atoms with Crippen molar-refractivity contribution in [3.63, 3.8) is 0 Å². The third-order valence-electron chi connectivity index (χ3n) is 6.30. The Hall–Kier alpha value is -4.16. The van der Waals surface area contributed by atoms with Gasteiger partial charge in [0.2, 0.25) is 0 Å². The number of alkyl halides is 3. The Balaban J connectivity index is 1.67. The molecule has 2 atom stereocenters. The lowest BCUT2D eigenvalue weighted by molar-refractivity contribution is -0.173. The number of likely N-dealkylation sites (tertiary alicyclic amines) is 1. The predicted octanol–water partition coefficient (Wildman–Crippen LogP) is 4.85. The van der Waals surface area contributed by atoms with Gasteiger partial charge in [0, 0.05) is 13.1 Å². The molecule has 10 nitrogen and oxygen atoms in total. The monoisotopic (exact) mass is 577 g/mol. The van der Waals surface area contributed by atoms with Crippen LogP contribution in [0.3, 0.4) is 0 Å². The van der Waals surface area contributed by atoms with Crippen LogP contribution < -0.4 is 16.0 Å². The Morgan fingerprint density at radius 2 is 1.71 bits per heavy atom. The number of aromatic nitrogens is 1. The standard InChI is InChI=1S/C28H34F3N5O5/c1-16-6-11-21(19-9-7-18(8-10-19)13-33-25(39)28(29,30)31)36(15-16)24(38)23(37)34-20-12-17(2)22(32-14-20)35-26(40)41-27(3,4)5/h7-10,12,14,16,21H,6,11,13,15H2,1-5H3,(H,33,39)(H,34,37)(H,32,35,40)/t16-,21+/m0/s1. The molecular weight excluding hydrogens is 543 g/mol. The predicted molar refractivity (Wildman–Crippen MR) is 145 cm³/mol. The largest absolute Gasteiger partial charge is 0.471 e. The second kappa shape index (κ2) is 12.6. The maximum Gasteiger partial charge on any atom is 0.471 e. The fourth-order valence-corrected chi connectivity index (χ4v) is 4.35. The number of piperidine rings is 1. The first-order valence-electron chi connectivity index (χ1n) is 13.1. The topological polar surface area (TPSA) is 130 Å². The first-order chi connectivity index (χ1) is 19.0. The number of ether oxygens (including phenoxy) is 1. The molecule has 0 bridgehead atoms. The van der Waals surface area contributed by atoms with Crippen LogP contribution in [0.4, 0.5) is 29.5 Å². The van der Waals surface area contributed by atoms with Crippen LogP contribution in [0.25, 0.3) is 0 Å². The third kappa shape index (κ3) is 8.92. The number of aryl methyl sites for hydroxylation is 1. The molecule has 0 unspecified atom stereocenters. The van der Waals surface area contributed by atoms with Crippen molar-refractivity contribution >= 4 is 35.3 Å². The Morgan fingerprint density at radius 1 is 1.05 bits per heavy atom. The summed E-state index contributed by atoms with van der Waals surface area (Å²) in [5.74, 6) is -3.22. The molecule has 1 aromatic carbocycles. The quantitative estimate of drug-likeness (QED) is 0.436. The average molecular weight is 578 g/mol. The lowest BCUT2D eigenvalue weighted by Crippen LogP contribution is -2.46. The highest BCUT2D eigenvalue weighted by Crippen LogP contribution is 2.34. The number of pyridine rings is 1. The number of benzene rings is 1. The molecule has 2 aromatic rings. The van der Waals surface area contributed by atoms with Gasteiger partial charge in [-0.3, -0.25) is 19.7 Å². The lowest BCUT2D eigenvalue weighted by atomic mass is 9.89. The Kier molecular flexibility index (Phi) is 9.61. The SMILES string of the molecule is Cc1cc(NC(=O)C(=O)N2C[C@@H](C)CC[C@@H]2c2ccc(CNC(=O)C(F)(F)F)cc2)cnc1NC(=O)OC(C)(C)C. The maximum atomic E-state index is 13.3. The van der Waals surface area contributed by atoms with Gasteiger partial charge in [-0.15, -0.1) is 0 Å². The third-order valence-corrected chi connectivity index (χ3v) is 6.30. The van der Waals surface area contributed by atoms with Crippen LogP contribution in [0.1, 0.15) is 63.3 Å². The van der Waals surface area contributed by atoms with Crippen LogP contribution in [0, 0.1) is 12.8 Å². The molecular formula is C28H34F3N5O5. The van der Waals surface area contributed by atoms with Crippen molar-refractivity contribution in [3.8, 4) is 0 Å². The molecule has 1 fully saturated rings. The first-order valence-corrected chi connectivity index (χ1v) is 13.1. The van der Waals surface area contributed by atoms with Crippen LogP contribution in [-0.2, 0) is 25.7 Å². The van der Waals surface area contributed by atoms with Gasteiger partial charge < -0.3 is 20.3 Å². The van der Waals surface area contributed by atoms with E-state index in [1.165, 1.54) is 11.1 Å². The number of carbonyl (C=O) groups excluding carboxylic acids is 4. The van der Waals surface area contributed by atoms with Crippen molar-refractivity contribution in [1.82, 2.24) is 15.2 Å². The highest BCUT2D eigenvalue weighted by atomic mass is 19.4. The maximum absolute atomic E-state index is 13.3. The van der Waals surface area contributed by atoms with Gasteiger partial charge in [-0.2, -0.15) is 13.2 Å². The Labute approximate surface area is 236 Å². The van der Waals surface area contributed by atoms with Crippen LogP contribution in [0.2, 0.25) is 0 Å². The zero-order chi connectivity index (χ0) is 30.5. The zero-order valence-electron chi connectivity index (χ0n) is 23.5. The van der Waals surface area contributed by atoms with Crippen LogP contribution in [0.15, 0.2) is 36.5 Å². The second-order valence-electron chi connectivity index (χ2n) is 11.0. The smallest absolute Gasteiger partial charge is 0.444 e. The summed E-state index contributed by atoms with van der Waals surface area (Å²) in [5.41, 5.74) is 1.30. The van der Waals surface area contributed by atoms with Gasteiger partial charge in [-0.1, -0.05) is 31.2 Å². The first kappa shape index (κ1) is 31.4. The lowest BCUT2D eigenvalue weighted by Gasteiger charge is -2.38. The van der Waals surface area contributed by atoms with Crippen molar-refractivity contribution in [1.29, 1.82) is 0 Å². The molecule has 0 saturated carbocycles. The van der Waals surface area contributed by atoms with Crippen LogP contribution in [0.5, 0.6) is 0 Å². The molecule has 41 heavy (non-hydrogen) atoms. The van der Waals surface area contributed by atoms with E-state index in [0.29, 0.717) is 24.1 Å². The van der Waals surface area contributed by atoms with E-state index in [9.17, 15) is 32.3 Å². The molecule has 0 spiro atoms. The normalized spacial score (nSPS) is 17.4. The van der Waals surface area contributed by atoms with E-state index in [4.69, 9.17) is 4.74 Å². The average Bonchev–Trinajstić information content (AvgIpc) is 2.87. The van der Waals surface area contributed by atoms with Gasteiger partial charge in [0.25, 0.3) is 0 Å². The minimum atomic E-state index is -4.96. The van der Waals surface area contributed by atoms with E-state index < -0.39 is 41.6 Å². The number of nitrogens with zero attached hydrogens (tertiary/aromatic N) is 2. The highest BCUT2D eigenvalue weighted by molar-refractivity contribution is 6.39. The van der Waals surface area contributed by atoms with E-state index >= 15 is 0 Å². The number of nitrogens with one attached hydrogen (secondary N) is 3. The van der Waals surface area contributed by atoms with Gasteiger partial charge in [-0.05, 0) is 69.2 Å². The number of halogens is 3. The minimum Gasteiger partial charge on any atom is -0.444 e. The number of hydrogen-bond donors (Lipinski definition) is 3. The van der Waals surface area contributed by atoms with Gasteiger partial charge in [0.1, 0.15) is 11.4 Å². The van der Waals surface area contributed by atoms with E-state index in [1.807, 2.05) is 12.2 Å². The van der Waals surface area contributed by atoms with Crippen LogP contribution in [-0.4, -0.2) is 52.0 Å². The van der Waals surface area contributed by atoms with E-state index in [-0.39, 0.29) is 24.0 Å². The van der Waals surface area contributed by atoms with E-state index in [0.717, 1.165) is 12.0 Å². The fraction of sp³-hybridized carbons (Fsp3) is 0.464. The molecule has 3 rings (SSSR count). The molecule has 0 radical (unpaired) electrons. The molecule has 1 saturated heterocycles. The summed E-state index contributed by atoms with van der Waals surface area (Å²) in [6.45, 7) is 8.89. The summed E-state index contributed by atoms with van der Waals surface area (Å²) in [6.07, 6.45) is -2.92. The number of amides is 4. The number of carbonyl (C=O) groups is 4. The van der Waals surface area contributed by atoms with Crippen molar-refractivity contribution in [2.75, 3.05) is 17.2 Å². The molecule has 222 valence electrons. The van der Waals surface area contributed by atoms with Crippen molar-refractivity contribution in [2.24, 2.45) is 5.92 Å². The van der Waals surface area contributed by atoms with Crippen molar-refractivity contribution in [2.45, 2.75) is 71.8 Å². The van der Waals surface area contributed by atoms with Gasteiger partial charge >= 0.3 is 30.0 Å². The number of rotatable bonds is 5. The van der Waals surface area contributed by atoms with Crippen molar-refractivity contribution in [3.05, 3.63) is 53.2 Å². The van der Waals surface area contributed by atoms with Gasteiger partial charge in [0.15, 0.2) is 0 Å². The Bertz CT molecular complexity index is 1290. The summed E-state index contributed by atoms with van der Waals surface area (Å²) in [6, 6.07) is 7.66. The summed E-state index contributed by atoms with van der Waals surface area (Å²) in [7, 11) is 0. The Morgan fingerprint density at radius 3 is 2.29 bits per heavy atom. The zero-order valence-corrected chi connectivity index (χ0v) is 23.5. The number of hydrogen-bond acceptors (Lipinski definition) is 6. The molecule has 1 aliphatic rings. The molecule has 13 heteroatoms. The molecule has 3 N–H and O–H groups in total. The summed E-state index contributed by atoms with van der Waals surface area (Å²) >= 11 is 0. The highest BCUT2D eigenvalue weighted by Gasteiger charge is 2.38. The molecule has 1 aliphatic heterocycles. The summed E-state index contributed by atoms with van der Waals surface area (Å²) in [4.78, 5) is 55.0. The number of anilines is 2. The van der Waals surface area contributed by atoms with Gasteiger partial charge in [-0.25, -0.2) is 9.78 Å². The minimum absolute atomic E-state index is 0.155. The molecule has 4 amide bonds. The van der Waals surface area contributed by atoms with E-state index in [1.54, 1.807) is 58.0 Å². The van der Waals surface area contributed by atoms with Crippen LogP contribution >= 0.6 is 0 Å². The summed E-state index contributed by atoms with van der Waals surface area (Å²) < 4.78 is 42.5. The summed E-state index contributed by atoms with van der Waals surface area (Å²) in [5, 5.41) is 6.93. The van der Waals surface area contributed by atoms with E-state index in [2.05, 4.69) is 15.6 Å².